The highest BCUT2D eigenvalue weighted by atomic mass is 35.5. The van der Waals surface area contributed by atoms with Crippen LogP contribution in [-0.2, 0) is 0 Å². The largest absolute Gasteiger partial charge is 0.338 e. The van der Waals surface area contributed by atoms with Crippen molar-refractivity contribution in [2.45, 2.75) is 0 Å². The normalized spacial score (nSPS) is 10.0. The van der Waals surface area contributed by atoms with Crippen LogP contribution in [0.15, 0.2) is 35.0 Å². The van der Waals surface area contributed by atoms with Crippen molar-refractivity contribution in [3.05, 3.63) is 40.5 Å². The van der Waals surface area contributed by atoms with Crippen LogP contribution in [0.25, 0.3) is 0 Å². The Balaban J connectivity index is 2.00. The highest BCUT2D eigenvalue weighted by molar-refractivity contribution is 6.42. The molecule has 2 amide bonds. The van der Waals surface area contributed by atoms with E-state index >= 15 is 0 Å². The zero-order valence-corrected chi connectivity index (χ0v) is 9.92. The summed E-state index contributed by atoms with van der Waals surface area (Å²) < 4.78 is 4.72. The number of halogens is 2. The lowest BCUT2D eigenvalue weighted by Gasteiger charge is -2.05. The number of nitrogens with one attached hydrogen (secondary N) is 2. The zero-order valence-electron chi connectivity index (χ0n) is 8.41. The van der Waals surface area contributed by atoms with Gasteiger partial charge in [0.25, 0.3) is 0 Å². The van der Waals surface area contributed by atoms with E-state index in [0.717, 1.165) is 0 Å². The van der Waals surface area contributed by atoms with E-state index in [0.29, 0.717) is 15.7 Å². The highest BCUT2D eigenvalue weighted by Crippen LogP contribution is 2.25. The second-order valence-electron chi connectivity index (χ2n) is 3.08. The van der Waals surface area contributed by atoms with Crippen LogP contribution < -0.4 is 10.6 Å². The molecule has 0 radical (unpaired) electrons. The van der Waals surface area contributed by atoms with Gasteiger partial charge < -0.3 is 9.84 Å². The topological polar surface area (TPSA) is 67.2 Å². The van der Waals surface area contributed by atoms with E-state index in [-0.39, 0.29) is 5.88 Å². The van der Waals surface area contributed by atoms with Crippen LogP contribution in [0.4, 0.5) is 16.4 Å². The van der Waals surface area contributed by atoms with E-state index in [1.165, 1.54) is 12.3 Å². The summed E-state index contributed by atoms with van der Waals surface area (Å²) in [5.41, 5.74) is 0.524. The van der Waals surface area contributed by atoms with Crippen molar-refractivity contribution in [3.8, 4) is 0 Å². The van der Waals surface area contributed by atoms with E-state index in [1.807, 2.05) is 0 Å². The Kier molecular flexibility index (Phi) is 3.51. The van der Waals surface area contributed by atoms with Crippen LogP contribution in [0.3, 0.4) is 0 Å². The summed E-state index contributed by atoms with van der Waals surface area (Å²) in [7, 11) is 0. The first-order valence-corrected chi connectivity index (χ1v) is 5.34. The standard InChI is InChI=1S/C10H7Cl2N3O2/c11-7-2-1-6(5-8(7)12)14-10(16)15-9-3-4-13-17-9/h1-5H,(H2,14,15,16). The van der Waals surface area contributed by atoms with Gasteiger partial charge in [0.05, 0.1) is 16.2 Å². The average Bonchev–Trinajstić information content (AvgIpc) is 2.76. The summed E-state index contributed by atoms with van der Waals surface area (Å²) in [4.78, 5) is 11.5. The van der Waals surface area contributed by atoms with Gasteiger partial charge in [0.1, 0.15) is 0 Å². The number of amides is 2. The fraction of sp³-hybridized carbons (Fsp3) is 0. The van der Waals surface area contributed by atoms with Gasteiger partial charge in [0.2, 0.25) is 5.88 Å². The number of urea groups is 1. The van der Waals surface area contributed by atoms with Gasteiger partial charge in [-0.05, 0) is 18.2 Å². The van der Waals surface area contributed by atoms with Crippen LogP contribution in [0, 0.1) is 0 Å². The first kappa shape index (κ1) is 11.8. The monoisotopic (exact) mass is 271 g/mol. The Labute approximate surface area is 107 Å². The molecule has 2 aromatic rings. The van der Waals surface area contributed by atoms with Gasteiger partial charge in [-0.1, -0.05) is 28.4 Å². The molecule has 0 aliphatic carbocycles. The number of hydrogen-bond acceptors (Lipinski definition) is 3. The number of benzene rings is 1. The second-order valence-corrected chi connectivity index (χ2v) is 3.90. The van der Waals surface area contributed by atoms with Crippen molar-refractivity contribution in [1.82, 2.24) is 5.16 Å². The van der Waals surface area contributed by atoms with E-state index in [4.69, 9.17) is 27.7 Å². The van der Waals surface area contributed by atoms with Crippen LogP contribution >= 0.6 is 23.2 Å². The van der Waals surface area contributed by atoms with Gasteiger partial charge in [-0.25, -0.2) is 4.79 Å². The van der Waals surface area contributed by atoms with Gasteiger partial charge in [-0.2, -0.15) is 0 Å². The Morgan fingerprint density at radius 2 is 2.00 bits per heavy atom. The third-order valence-corrected chi connectivity index (χ3v) is 2.59. The van der Waals surface area contributed by atoms with Crippen molar-refractivity contribution < 1.29 is 9.32 Å². The summed E-state index contributed by atoms with van der Waals surface area (Å²) in [6.07, 6.45) is 1.43. The average molecular weight is 272 g/mol. The van der Waals surface area contributed by atoms with Crippen molar-refractivity contribution >= 4 is 40.8 Å². The molecule has 2 N–H and O–H groups in total. The molecule has 0 atom stereocenters. The fourth-order valence-corrected chi connectivity index (χ4v) is 1.43. The summed E-state index contributed by atoms with van der Waals surface area (Å²) in [6.45, 7) is 0. The molecule has 1 aromatic carbocycles. The minimum atomic E-state index is -0.458. The highest BCUT2D eigenvalue weighted by Gasteiger charge is 2.06. The summed E-state index contributed by atoms with van der Waals surface area (Å²) in [5, 5.41) is 9.26. The molecule has 2 rings (SSSR count). The maximum atomic E-state index is 11.5. The van der Waals surface area contributed by atoms with Gasteiger partial charge in [-0.3, -0.25) is 5.32 Å². The van der Waals surface area contributed by atoms with Crippen molar-refractivity contribution in [3.63, 3.8) is 0 Å². The first-order chi connectivity index (χ1) is 8.15. The van der Waals surface area contributed by atoms with Crippen LogP contribution in [0.2, 0.25) is 10.0 Å². The van der Waals surface area contributed by atoms with Crippen LogP contribution in [-0.4, -0.2) is 11.2 Å². The maximum Gasteiger partial charge on any atom is 0.326 e. The van der Waals surface area contributed by atoms with Gasteiger partial charge in [0.15, 0.2) is 0 Å². The maximum absolute atomic E-state index is 11.5. The summed E-state index contributed by atoms with van der Waals surface area (Å²) >= 11 is 11.6. The summed E-state index contributed by atoms with van der Waals surface area (Å²) in [5.74, 6) is 0.252. The number of aromatic nitrogens is 1. The molecule has 1 aromatic heterocycles. The smallest absolute Gasteiger partial charge is 0.326 e. The van der Waals surface area contributed by atoms with Gasteiger partial charge in [-0.15, -0.1) is 0 Å². The van der Waals surface area contributed by atoms with Crippen LogP contribution in [0.5, 0.6) is 0 Å². The van der Waals surface area contributed by atoms with Gasteiger partial charge in [0, 0.05) is 11.8 Å². The first-order valence-electron chi connectivity index (χ1n) is 4.59. The minimum Gasteiger partial charge on any atom is -0.338 e. The van der Waals surface area contributed by atoms with Crippen LogP contribution in [0.1, 0.15) is 0 Å². The number of nitrogens with zero attached hydrogens (tertiary/aromatic N) is 1. The van der Waals surface area contributed by atoms with E-state index in [9.17, 15) is 4.79 Å². The third-order valence-electron chi connectivity index (χ3n) is 1.85. The SMILES string of the molecule is O=C(Nc1ccc(Cl)c(Cl)c1)Nc1ccno1. The molecule has 0 saturated carbocycles. The number of carbonyl (C=O) groups excluding carboxylic acids is 1. The third kappa shape index (κ3) is 3.12. The lowest BCUT2D eigenvalue weighted by molar-refractivity contribution is 0.261. The Morgan fingerprint density at radius 3 is 2.65 bits per heavy atom. The lowest BCUT2D eigenvalue weighted by Crippen LogP contribution is -2.18. The molecule has 0 fully saturated rings. The van der Waals surface area contributed by atoms with E-state index < -0.39 is 6.03 Å². The molecule has 1 heterocycles. The fourth-order valence-electron chi connectivity index (χ4n) is 1.13. The van der Waals surface area contributed by atoms with Crippen molar-refractivity contribution in [2.24, 2.45) is 0 Å². The Morgan fingerprint density at radius 1 is 1.18 bits per heavy atom. The molecule has 7 heteroatoms. The molecule has 0 bridgehead atoms. The van der Waals surface area contributed by atoms with Gasteiger partial charge >= 0.3 is 6.03 Å². The lowest BCUT2D eigenvalue weighted by atomic mass is 10.3. The summed E-state index contributed by atoms with van der Waals surface area (Å²) in [6, 6.07) is 5.83. The quantitative estimate of drug-likeness (QED) is 0.877. The Bertz CT molecular complexity index is 528. The molecular weight excluding hydrogens is 265 g/mol. The van der Waals surface area contributed by atoms with E-state index in [2.05, 4.69) is 15.8 Å². The predicted molar refractivity (Wildman–Crippen MR) is 65.6 cm³/mol. The molecule has 0 aliphatic heterocycles. The number of anilines is 2. The van der Waals surface area contributed by atoms with E-state index in [1.54, 1.807) is 18.2 Å². The van der Waals surface area contributed by atoms with Crippen molar-refractivity contribution in [1.29, 1.82) is 0 Å². The minimum absolute atomic E-state index is 0.252. The molecule has 0 spiro atoms. The Hall–Kier alpha value is -1.72. The second kappa shape index (κ2) is 5.07. The molecule has 0 unspecified atom stereocenters. The number of rotatable bonds is 2. The molecule has 88 valence electrons. The molecule has 17 heavy (non-hydrogen) atoms. The number of carbonyl (C=O) groups is 1. The zero-order chi connectivity index (χ0) is 12.3. The molecule has 5 nitrogen and oxygen atoms in total. The molecule has 0 saturated heterocycles. The molecule has 0 aliphatic rings. The predicted octanol–water partition coefficient (Wildman–Crippen LogP) is 3.63. The number of hydrogen-bond donors (Lipinski definition) is 2. The molecular formula is C10H7Cl2N3O2. The van der Waals surface area contributed by atoms with Crippen molar-refractivity contribution in [2.75, 3.05) is 10.6 Å².